The third-order valence-electron chi connectivity index (χ3n) is 2.44. The van der Waals surface area contributed by atoms with Crippen LogP contribution >= 0.6 is 39.1 Å². The summed E-state index contributed by atoms with van der Waals surface area (Å²) in [6.45, 7) is 0. The summed E-state index contributed by atoms with van der Waals surface area (Å²) < 4.78 is 27.5. The number of benzene rings is 2. The van der Waals surface area contributed by atoms with Crippen LogP contribution in [0.5, 0.6) is 0 Å². The molecule has 4 nitrogen and oxygen atoms in total. The fraction of sp³-hybridized carbons (Fsp3) is 0. The Bertz CT molecular complexity index is 766. The van der Waals surface area contributed by atoms with Crippen molar-refractivity contribution >= 4 is 60.5 Å². The number of rotatable bonds is 3. The van der Waals surface area contributed by atoms with Gasteiger partial charge in [-0.1, -0.05) is 23.2 Å². The van der Waals surface area contributed by atoms with E-state index in [0.29, 0.717) is 15.8 Å². The minimum absolute atomic E-state index is 0.0837. The molecular weight excluding hydrogens is 387 g/mol. The highest BCUT2D eigenvalue weighted by molar-refractivity contribution is 9.10. The maximum Gasteiger partial charge on any atom is 0.263 e. The van der Waals surface area contributed by atoms with Gasteiger partial charge in [-0.25, -0.2) is 8.42 Å². The minimum Gasteiger partial charge on any atom is -0.398 e. The van der Waals surface area contributed by atoms with Crippen LogP contribution in [0.2, 0.25) is 10.0 Å². The zero-order valence-corrected chi connectivity index (χ0v) is 13.8. The van der Waals surface area contributed by atoms with Crippen molar-refractivity contribution in [2.24, 2.45) is 0 Å². The van der Waals surface area contributed by atoms with Crippen molar-refractivity contribution in [1.29, 1.82) is 0 Å². The average molecular weight is 396 g/mol. The van der Waals surface area contributed by atoms with Crippen LogP contribution in [0, 0.1) is 0 Å². The molecule has 0 heterocycles. The van der Waals surface area contributed by atoms with Crippen molar-refractivity contribution in [3.05, 3.63) is 50.9 Å². The van der Waals surface area contributed by atoms with E-state index in [1.54, 1.807) is 18.2 Å². The van der Waals surface area contributed by atoms with Crippen LogP contribution in [0.25, 0.3) is 0 Å². The van der Waals surface area contributed by atoms with Gasteiger partial charge >= 0.3 is 0 Å². The Morgan fingerprint density at radius 3 is 2.45 bits per heavy atom. The van der Waals surface area contributed by atoms with E-state index in [0.717, 1.165) is 0 Å². The zero-order chi connectivity index (χ0) is 14.9. The summed E-state index contributed by atoms with van der Waals surface area (Å²) in [6.07, 6.45) is 0. The quantitative estimate of drug-likeness (QED) is 0.767. The molecule has 0 aliphatic carbocycles. The lowest BCUT2D eigenvalue weighted by Crippen LogP contribution is -2.13. The average Bonchev–Trinajstić information content (AvgIpc) is 2.36. The van der Waals surface area contributed by atoms with Crippen molar-refractivity contribution in [2.75, 3.05) is 10.5 Å². The summed E-state index contributed by atoms with van der Waals surface area (Å²) in [4.78, 5) is -0.0837. The molecular formula is C12H9BrCl2N2O2S. The van der Waals surface area contributed by atoms with Gasteiger partial charge in [-0.3, -0.25) is 4.72 Å². The minimum atomic E-state index is -3.82. The van der Waals surface area contributed by atoms with Gasteiger partial charge in [-0.05, 0) is 52.3 Å². The molecule has 2 aromatic rings. The van der Waals surface area contributed by atoms with Gasteiger partial charge in [-0.2, -0.15) is 0 Å². The molecule has 0 saturated heterocycles. The van der Waals surface area contributed by atoms with E-state index in [1.165, 1.54) is 18.2 Å². The summed E-state index contributed by atoms with van der Waals surface area (Å²) in [5.41, 5.74) is 6.52. The predicted molar refractivity (Wildman–Crippen MR) is 85.8 cm³/mol. The van der Waals surface area contributed by atoms with Crippen molar-refractivity contribution in [1.82, 2.24) is 0 Å². The molecule has 0 unspecified atom stereocenters. The molecule has 3 N–H and O–H groups in total. The van der Waals surface area contributed by atoms with Crippen LogP contribution in [-0.4, -0.2) is 8.42 Å². The highest BCUT2D eigenvalue weighted by atomic mass is 79.9. The van der Waals surface area contributed by atoms with Gasteiger partial charge in [0.15, 0.2) is 0 Å². The second-order valence-corrected chi connectivity index (χ2v) is 7.27. The lowest BCUT2D eigenvalue weighted by atomic mass is 10.3. The van der Waals surface area contributed by atoms with Gasteiger partial charge in [0.05, 0.1) is 10.7 Å². The zero-order valence-electron chi connectivity index (χ0n) is 9.90. The molecule has 0 amide bonds. The molecule has 0 atom stereocenters. The normalized spacial score (nSPS) is 11.3. The second kappa shape index (κ2) is 5.81. The van der Waals surface area contributed by atoms with Crippen LogP contribution in [-0.2, 0) is 10.0 Å². The molecule has 0 spiro atoms. The predicted octanol–water partition coefficient (Wildman–Crippen LogP) is 4.14. The second-order valence-electron chi connectivity index (χ2n) is 3.92. The number of nitrogen functional groups attached to an aromatic ring is 1. The fourth-order valence-electron chi connectivity index (χ4n) is 1.48. The highest BCUT2D eigenvalue weighted by Crippen LogP contribution is 2.28. The molecule has 8 heteroatoms. The fourth-order valence-corrected chi connectivity index (χ4v) is 3.68. The van der Waals surface area contributed by atoms with Crippen LogP contribution in [0.4, 0.5) is 11.4 Å². The molecule has 106 valence electrons. The van der Waals surface area contributed by atoms with E-state index in [4.69, 9.17) is 28.9 Å². The van der Waals surface area contributed by atoms with E-state index in [-0.39, 0.29) is 14.9 Å². The smallest absolute Gasteiger partial charge is 0.263 e. The lowest BCUT2D eigenvalue weighted by molar-refractivity contribution is 0.601. The number of hydrogen-bond donors (Lipinski definition) is 2. The number of halogens is 3. The van der Waals surface area contributed by atoms with Crippen molar-refractivity contribution in [3.63, 3.8) is 0 Å². The van der Waals surface area contributed by atoms with Gasteiger partial charge in [0.1, 0.15) is 4.90 Å². The lowest BCUT2D eigenvalue weighted by Gasteiger charge is -2.10. The largest absolute Gasteiger partial charge is 0.398 e. The Labute approximate surface area is 135 Å². The van der Waals surface area contributed by atoms with Crippen LogP contribution < -0.4 is 10.5 Å². The Kier molecular flexibility index (Phi) is 4.49. The van der Waals surface area contributed by atoms with E-state index in [9.17, 15) is 8.42 Å². The molecule has 0 fully saturated rings. The molecule has 0 aliphatic heterocycles. The Balaban J connectivity index is 2.40. The van der Waals surface area contributed by atoms with Crippen molar-refractivity contribution in [2.45, 2.75) is 4.90 Å². The highest BCUT2D eigenvalue weighted by Gasteiger charge is 2.18. The first-order chi connectivity index (χ1) is 9.29. The van der Waals surface area contributed by atoms with Gasteiger partial charge in [-0.15, -0.1) is 0 Å². The van der Waals surface area contributed by atoms with Gasteiger partial charge in [0, 0.05) is 15.2 Å². The molecule has 0 aromatic heterocycles. The monoisotopic (exact) mass is 394 g/mol. The first-order valence-electron chi connectivity index (χ1n) is 5.32. The van der Waals surface area contributed by atoms with Gasteiger partial charge in [0.25, 0.3) is 10.0 Å². The maximum absolute atomic E-state index is 12.3. The third kappa shape index (κ3) is 3.38. The molecule has 2 aromatic carbocycles. The summed E-state index contributed by atoms with van der Waals surface area (Å²) >= 11 is 14.9. The van der Waals surface area contributed by atoms with E-state index in [1.807, 2.05) is 0 Å². The third-order valence-corrected chi connectivity index (χ3v) is 5.22. The summed E-state index contributed by atoms with van der Waals surface area (Å²) in [5.74, 6) is 0. The van der Waals surface area contributed by atoms with Crippen LogP contribution in [0.3, 0.4) is 0 Å². The van der Waals surface area contributed by atoms with Crippen LogP contribution in [0.15, 0.2) is 45.8 Å². The standard InChI is InChI=1S/C12H9BrCl2N2O2S/c13-9-6-8(2-4-11(9)16)17-20(18,19)12-5-7(14)1-3-10(12)15/h1-6,17H,16H2. The molecule has 0 saturated carbocycles. The molecule has 0 bridgehead atoms. The first-order valence-corrected chi connectivity index (χ1v) is 8.36. The van der Waals surface area contributed by atoms with Gasteiger partial charge in [0.2, 0.25) is 0 Å². The van der Waals surface area contributed by atoms with Crippen LogP contribution in [0.1, 0.15) is 0 Å². The number of sulfonamides is 1. The Morgan fingerprint density at radius 2 is 1.80 bits per heavy atom. The number of nitrogens with one attached hydrogen (secondary N) is 1. The Hall–Kier alpha value is -0.950. The summed E-state index contributed by atoms with van der Waals surface area (Å²) in [7, 11) is -3.82. The molecule has 20 heavy (non-hydrogen) atoms. The molecule has 2 rings (SSSR count). The van der Waals surface area contributed by atoms with Crippen molar-refractivity contribution < 1.29 is 8.42 Å². The Morgan fingerprint density at radius 1 is 1.10 bits per heavy atom. The summed E-state index contributed by atoms with van der Waals surface area (Å²) in [5, 5.41) is 0.379. The number of nitrogens with two attached hydrogens (primary N) is 1. The van der Waals surface area contributed by atoms with E-state index >= 15 is 0 Å². The van der Waals surface area contributed by atoms with Gasteiger partial charge < -0.3 is 5.73 Å². The molecule has 0 radical (unpaired) electrons. The van der Waals surface area contributed by atoms with Crippen molar-refractivity contribution in [3.8, 4) is 0 Å². The first kappa shape index (κ1) is 15.4. The number of hydrogen-bond acceptors (Lipinski definition) is 3. The van der Waals surface area contributed by atoms with E-state index in [2.05, 4.69) is 20.7 Å². The molecule has 0 aliphatic rings. The topological polar surface area (TPSA) is 72.2 Å². The SMILES string of the molecule is Nc1ccc(NS(=O)(=O)c2cc(Cl)ccc2Cl)cc1Br. The summed E-state index contributed by atoms with van der Waals surface area (Å²) in [6, 6.07) is 8.93. The maximum atomic E-state index is 12.3. The number of anilines is 2. The van der Waals surface area contributed by atoms with E-state index < -0.39 is 10.0 Å².